The van der Waals surface area contributed by atoms with E-state index in [0.717, 1.165) is 49.2 Å². The third kappa shape index (κ3) is 3.28. The van der Waals surface area contributed by atoms with Crippen molar-refractivity contribution in [2.24, 2.45) is 0 Å². The molecular formula is C16H24N2O. The van der Waals surface area contributed by atoms with Gasteiger partial charge in [0.15, 0.2) is 0 Å². The molecule has 1 aromatic rings. The fourth-order valence-corrected chi connectivity index (χ4v) is 2.37. The molecule has 1 aliphatic rings. The smallest absolute Gasteiger partial charge is 0.254 e. The Morgan fingerprint density at radius 1 is 1.37 bits per heavy atom. The van der Waals surface area contributed by atoms with Crippen LogP contribution in [0.25, 0.3) is 0 Å². The summed E-state index contributed by atoms with van der Waals surface area (Å²) in [6.07, 6.45) is 3.43. The Hall–Kier alpha value is -1.51. The topological polar surface area (TPSA) is 32.3 Å². The molecule has 3 heteroatoms. The average molecular weight is 260 g/mol. The lowest BCUT2D eigenvalue weighted by molar-refractivity contribution is 0.0752. The van der Waals surface area contributed by atoms with Crippen molar-refractivity contribution < 1.29 is 4.79 Å². The number of amides is 1. The second-order valence-corrected chi connectivity index (χ2v) is 5.28. The largest absolute Gasteiger partial charge is 0.385 e. The summed E-state index contributed by atoms with van der Waals surface area (Å²) < 4.78 is 0. The fraction of sp³-hybridized carbons (Fsp3) is 0.562. The molecule has 1 aromatic carbocycles. The maximum Gasteiger partial charge on any atom is 0.254 e. The van der Waals surface area contributed by atoms with Crippen LogP contribution in [-0.4, -0.2) is 29.9 Å². The lowest BCUT2D eigenvalue weighted by atomic mass is 10.1. The first-order chi connectivity index (χ1) is 9.17. The molecular weight excluding hydrogens is 236 g/mol. The van der Waals surface area contributed by atoms with Crippen molar-refractivity contribution in [3.63, 3.8) is 0 Å². The van der Waals surface area contributed by atoms with E-state index in [1.807, 2.05) is 23.1 Å². The zero-order valence-electron chi connectivity index (χ0n) is 12.2. The van der Waals surface area contributed by atoms with Crippen LogP contribution in [0.5, 0.6) is 0 Å². The van der Waals surface area contributed by atoms with Crippen molar-refractivity contribution in [1.82, 2.24) is 4.90 Å². The monoisotopic (exact) mass is 260 g/mol. The highest BCUT2D eigenvalue weighted by Gasteiger charge is 2.31. The number of benzene rings is 1. The molecule has 0 bridgehead atoms. The van der Waals surface area contributed by atoms with Gasteiger partial charge >= 0.3 is 0 Å². The Bertz CT molecular complexity index is 452. The molecule has 2 rings (SSSR count). The summed E-state index contributed by atoms with van der Waals surface area (Å²) in [5, 5.41) is 3.38. The highest BCUT2D eigenvalue weighted by atomic mass is 16.2. The van der Waals surface area contributed by atoms with Crippen LogP contribution in [0.2, 0.25) is 0 Å². The third-order valence-electron chi connectivity index (χ3n) is 3.63. The van der Waals surface area contributed by atoms with Crippen LogP contribution in [0, 0.1) is 6.92 Å². The summed E-state index contributed by atoms with van der Waals surface area (Å²) in [5.74, 6) is 0.176. The van der Waals surface area contributed by atoms with Gasteiger partial charge in [0, 0.05) is 30.4 Å². The van der Waals surface area contributed by atoms with E-state index in [1.165, 1.54) is 0 Å². The molecule has 1 N–H and O–H groups in total. The number of carbonyl (C=O) groups excluding carboxylic acids is 1. The van der Waals surface area contributed by atoms with E-state index in [4.69, 9.17) is 0 Å². The van der Waals surface area contributed by atoms with Gasteiger partial charge in [0.1, 0.15) is 0 Å². The summed E-state index contributed by atoms with van der Waals surface area (Å²) in [4.78, 5) is 14.4. The summed E-state index contributed by atoms with van der Waals surface area (Å²) in [7, 11) is 0. The van der Waals surface area contributed by atoms with E-state index >= 15 is 0 Å². The average Bonchev–Trinajstić information content (AvgIpc) is 3.22. The molecule has 3 nitrogen and oxygen atoms in total. The van der Waals surface area contributed by atoms with Crippen molar-refractivity contribution in [3.8, 4) is 0 Å². The van der Waals surface area contributed by atoms with Crippen molar-refractivity contribution in [3.05, 3.63) is 29.3 Å². The molecule has 0 radical (unpaired) electrons. The van der Waals surface area contributed by atoms with Crippen molar-refractivity contribution >= 4 is 11.6 Å². The van der Waals surface area contributed by atoms with Gasteiger partial charge < -0.3 is 10.2 Å². The van der Waals surface area contributed by atoms with Gasteiger partial charge in [-0.1, -0.05) is 6.92 Å². The van der Waals surface area contributed by atoms with Gasteiger partial charge in [0.25, 0.3) is 5.91 Å². The van der Waals surface area contributed by atoms with E-state index in [2.05, 4.69) is 26.1 Å². The van der Waals surface area contributed by atoms with Crippen LogP contribution in [0.15, 0.2) is 18.2 Å². The molecule has 1 aliphatic carbocycles. The molecule has 0 aromatic heterocycles. The Morgan fingerprint density at radius 2 is 2.11 bits per heavy atom. The van der Waals surface area contributed by atoms with Crippen LogP contribution < -0.4 is 5.32 Å². The van der Waals surface area contributed by atoms with Gasteiger partial charge in [-0.3, -0.25) is 4.79 Å². The normalized spacial score (nSPS) is 14.3. The number of nitrogens with zero attached hydrogens (tertiary/aromatic N) is 1. The van der Waals surface area contributed by atoms with E-state index in [1.54, 1.807) is 0 Å². The number of anilines is 1. The third-order valence-corrected chi connectivity index (χ3v) is 3.63. The van der Waals surface area contributed by atoms with Gasteiger partial charge in [-0.2, -0.15) is 0 Å². The number of hydrogen-bond donors (Lipinski definition) is 1. The maximum atomic E-state index is 12.4. The van der Waals surface area contributed by atoms with E-state index in [-0.39, 0.29) is 5.91 Å². The lowest BCUT2D eigenvalue weighted by Crippen LogP contribution is -2.32. The number of aryl methyl sites for hydroxylation is 1. The van der Waals surface area contributed by atoms with E-state index in [0.29, 0.717) is 6.04 Å². The summed E-state index contributed by atoms with van der Waals surface area (Å²) >= 11 is 0. The SMILES string of the molecule is CCCNc1ccc(C(=O)N(CC)C2CC2)cc1C. The van der Waals surface area contributed by atoms with E-state index in [9.17, 15) is 4.79 Å². The molecule has 19 heavy (non-hydrogen) atoms. The maximum absolute atomic E-state index is 12.4. The molecule has 1 amide bonds. The van der Waals surface area contributed by atoms with Gasteiger partial charge in [-0.15, -0.1) is 0 Å². The quantitative estimate of drug-likeness (QED) is 0.849. The highest BCUT2D eigenvalue weighted by Crippen LogP contribution is 2.28. The first-order valence-corrected chi connectivity index (χ1v) is 7.32. The second-order valence-electron chi connectivity index (χ2n) is 5.28. The van der Waals surface area contributed by atoms with Crippen LogP contribution in [0.4, 0.5) is 5.69 Å². The Labute approximate surface area is 116 Å². The zero-order chi connectivity index (χ0) is 13.8. The molecule has 0 heterocycles. The van der Waals surface area contributed by atoms with Crippen molar-refractivity contribution in [2.45, 2.75) is 46.1 Å². The van der Waals surface area contributed by atoms with Crippen LogP contribution >= 0.6 is 0 Å². The summed E-state index contributed by atoms with van der Waals surface area (Å²) in [6.45, 7) is 8.03. The first-order valence-electron chi connectivity index (χ1n) is 7.32. The Balaban J connectivity index is 2.11. The molecule has 0 unspecified atom stereocenters. The predicted octanol–water partition coefficient (Wildman–Crippen LogP) is 3.44. The van der Waals surface area contributed by atoms with Gasteiger partial charge in [0.2, 0.25) is 0 Å². The van der Waals surface area contributed by atoms with Gasteiger partial charge in [-0.25, -0.2) is 0 Å². The lowest BCUT2D eigenvalue weighted by Gasteiger charge is -2.21. The second kappa shape index (κ2) is 6.09. The van der Waals surface area contributed by atoms with Gasteiger partial charge in [-0.05, 0) is 56.9 Å². The fourth-order valence-electron chi connectivity index (χ4n) is 2.37. The minimum absolute atomic E-state index is 0.176. The summed E-state index contributed by atoms with van der Waals surface area (Å²) in [6, 6.07) is 6.46. The summed E-state index contributed by atoms with van der Waals surface area (Å²) in [5.41, 5.74) is 3.09. The molecule has 0 spiro atoms. The number of rotatable bonds is 6. The Kier molecular flexibility index (Phi) is 4.46. The zero-order valence-corrected chi connectivity index (χ0v) is 12.2. The van der Waals surface area contributed by atoms with Gasteiger partial charge in [0.05, 0.1) is 0 Å². The minimum atomic E-state index is 0.176. The van der Waals surface area contributed by atoms with Crippen molar-refractivity contribution in [1.29, 1.82) is 0 Å². The van der Waals surface area contributed by atoms with E-state index < -0.39 is 0 Å². The molecule has 1 saturated carbocycles. The predicted molar refractivity (Wildman–Crippen MR) is 79.7 cm³/mol. The van der Waals surface area contributed by atoms with Crippen LogP contribution in [0.1, 0.15) is 49.0 Å². The number of nitrogens with one attached hydrogen (secondary N) is 1. The number of carbonyl (C=O) groups is 1. The molecule has 0 aliphatic heterocycles. The van der Waals surface area contributed by atoms with Crippen LogP contribution in [0.3, 0.4) is 0 Å². The first kappa shape index (κ1) is 13.9. The molecule has 104 valence electrons. The molecule has 0 saturated heterocycles. The minimum Gasteiger partial charge on any atom is -0.385 e. The molecule has 1 fully saturated rings. The highest BCUT2D eigenvalue weighted by molar-refractivity contribution is 5.95. The van der Waals surface area contributed by atoms with Crippen molar-refractivity contribution in [2.75, 3.05) is 18.4 Å². The van der Waals surface area contributed by atoms with Crippen LogP contribution in [-0.2, 0) is 0 Å². The number of hydrogen-bond acceptors (Lipinski definition) is 2. The Morgan fingerprint density at radius 3 is 2.63 bits per heavy atom. The standard InChI is InChI=1S/C16H24N2O/c1-4-10-17-15-9-6-13(11-12(15)3)16(19)18(5-2)14-7-8-14/h6,9,11,14,17H,4-5,7-8,10H2,1-3H3. The molecule has 0 atom stereocenters.